The Labute approximate surface area is 169 Å². The number of aryl methyl sites for hydroxylation is 1. The third-order valence-electron chi connectivity index (χ3n) is 4.01. The van der Waals surface area contributed by atoms with Crippen molar-refractivity contribution in [3.05, 3.63) is 63.6 Å². The number of tetrazole rings is 1. The molecule has 4 rings (SSSR count). The van der Waals surface area contributed by atoms with Gasteiger partial charge in [0.15, 0.2) is 0 Å². The lowest BCUT2D eigenvalue weighted by molar-refractivity contribution is 0.416. The van der Waals surface area contributed by atoms with Crippen LogP contribution in [0.15, 0.2) is 52.3 Å². The molecule has 0 atom stereocenters. The number of hydrogen-bond acceptors (Lipinski definition) is 6. The van der Waals surface area contributed by atoms with Crippen LogP contribution in [0.1, 0.15) is 11.3 Å². The number of ether oxygens (including phenoxy) is 1. The fourth-order valence-corrected chi connectivity index (χ4v) is 3.82. The summed E-state index contributed by atoms with van der Waals surface area (Å²) in [6.45, 7) is 2.51. The van der Waals surface area contributed by atoms with Gasteiger partial charge in [-0.25, -0.2) is 4.98 Å². The Kier molecular flexibility index (Phi) is 5.00. The lowest BCUT2D eigenvalue weighted by Crippen LogP contribution is -2.04. The first-order valence-corrected chi connectivity index (χ1v) is 9.93. The number of thiazole rings is 1. The van der Waals surface area contributed by atoms with Crippen LogP contribution in [-0.2, 0) is 6.54 Å². The number of halogens is 1. The van der Waals surface area contributed by atoms with Gasteiger partial charge in [-0.1, -0.05) is 45.8 Å². The molecule has 0 radical (unpaired) electrons. The molecule has 0 amide bonds. The molecule has 6 nitrogen and oxygen atoms in total. The molecular weight excluding hydrogens is 426 g/mol. The molecule has 0 unspecified atom stereocenters. The first kappa shape index (κ1) is 17.8. The van der Waals surface area contributed by atoms with Crippen LogP contribution in [-0.4, -0.2) is 32.3 Å². The van der Waals surface area contributed by atoms with Crippen molar-refractivity contribution >= 4 is 27.3 Å². The molecule has 136 valence electrons. The van der Waals surface area contributed by atoms with Crippen molar-refractivity contribution in [2.24, 2.45) is 0 Å². The van der Waals surface area contributed by atoms with Crippen molar-refractivity contribution in [3.8, 4) is 27.7 Å². The van der Waals surface area contributed by atoms with E-state index in [4.69, 9.17) is 9.72 Å². The predicted molar refractivity (Wildman–Crippen MR) is 109 cm³/mol. The molecule has 0 N–H and O–H groups in total. The van der Waals surface area contributed by atoms with Gasteiger partial charge in [-0.3, -0.25) is 0 Å². The number of benzene rings is 2. The van der Waals surface area contributed by atoms with E-state index >= 15 is 0 Å². The molecule has 2 heterocycles. The van der Waals surface area contributed by atoms with Crippen LogP contribution >= 0.6 is 27.3 Å². The largest absolute Gasteiger partial charge is 0.496 e. The second-order valence-corrected chi connectivity index (χ2v) is 7.77. The van der Waals surface area contributed by atoms with Crippen LogP contribution in [0.4, 0.5) is 0 Å². The fraction of sp³-hybridized carbons (Fsp3) is 0.158. The fourth-order valence-electron chi connectivity index (χ4n) is 2.62. The maximum Gasteiger partial charge on any atom is 0.204 e. The van der Waals surface area contributed by atoms with Crippen molar-refractivity contribution in [3.63, 3.8) is 0 Å². The molecule has 2 aromatic carbocycles. The highest BCUT2D eigenvalue weighted by atomic mass is 79.9. The molecule has 0 saturated carbocycles. The molecule has 0 fully saturated rings. The SMILES string of the molecule is COc1ccc(Br)cc1-c1nc(Cn2nnc(-c3ccc(C)cc3)n2)cs1. The van der Waals surface area contributed by atoms with Crippen molar-refractivity contribution in [1.82, 2.24) is 25.2 Å². The summed E-state index contributed by atoms with van der Waals surface area (Å²) in [6, 6.07) is 13.9. The minimum atomic E-state index is 0.464. The Morgan fingerprint density at radius 2 is 1.96 bits per heavy atom. The minimum absolute atomic E-state index is 0.464. The first-order chi connectivity index (χ1) is 13.1. The average molecular weight is 442 g/mol. The summed E-state index contributed by atoms with van der Waals surface area (Å²) in [5.41, 5.74) is 3.98. The minimum Gasteiger partial charge on any atom is -0.496 e. The summed E-state index contributed by atoms with van der Waals surface area (Å²) in [5, 5.41) is 15.7. The smallest absolute Gasteiger partial charge is 0.204 e. The molecule has 0 spiro atoms. The van der Waals surface area contributed by atoms with E-state index in [-0.39, 0.29) is 0 Å². The molecule has 0 saturated heterocycles. The summed E-state index contributed by atoms with van der Waals surface area (Å²) < 4.78 is 6.43. The molecule has 0 aliphatic carbocycles. The topological polar surface area (TPSA) is 65.7 Å². The number of methoxy groups -OCH3 is 1. The van der Waals surface area contributed by atoms with Crippen LogP contribution in [0.5, 0.6) is 5.75 Å². The quantitative estimate of drug-likeness (QED) is 0.452. The lowest BCUT2D eigenvalue weighted by atomic mass is 10.1. The van der Waals surface area contributed by atoms with E-state index in [0.29, 0.717) is 12.4 Å². The maximum absolute atomic E-state index is 5.45. The summed E-state index contributed by atoms with van der Waals surface area (Å²) in [7, 11) is 1.66. The Hall–Kier alpha value is -2.58. The third kappa shape index (κ3) is 3.91. The summed E-state index contributed by atoms with van der Waals surface area (Å²) in [5.74, 6) is 1.40. The average Bonchev–Trinajstić information content (AvgIpc) is 3.32. The second-order valence-electron chi connectivity index (χ2n) is 6.00. The van der Waals surface area contributed by atoms with E-state index in [1.54, 1.807) is 23.2 Å². The molecule has 0 bridgehead atoms. The van der Waals surface area contributed by atoms with Gasteiger partial charge in [-0.05, 0) is 30.3 Å². The Balaban J connectivity index is 1.55. The lowest BCUT2D eigenvalue weighted by Gasteiger charge is -2.06. The van der Waals surface area contributed by atoms with Gasteiger partial charge in [0.25, 0.3) is 0 Å². The Morgan fingerprint density at radius 1 is 1.15 bits per heavy atom. The zero-order valence-corrected chi connectivity index (χ0v) is 17.2. The van der Waals surface area contributed by atoms with E-state index in [2.05, 4.69) is 31.3 Å². The first-order valence-electron chi connectivity index (χ1n) is 8.25. The van der Waals surface area contributed by atoms with E-state index in [1.807, 2.05) is 54.8 Å². The number of aromatic nitrogens is 5. The summed E-state index contributed by atoms with van der Waals surface area (Å²) >= 11 is 5.07. The molecule has 0 aliphatic heterocycles. The zero-order valence-electron chi connectivity index (χ0n) is 14.8. The highest BCUT2D eigenvalue weighted by Gasteiger charge is 2.13. The molecule has 27 heavy (non-hydrogen) atoms. The van der Waals surface area contributed by atoms with Crippen molar-refractivity contribution in [2.75, 3.05) is 7.11 Å². The molecule has 0 aliphatic rings. The van der Waals surface area contributed by atoms with Crippen molar-refractivity contribution in [1.29, 1.82) is 0 Å². The Morgan fingerprint density at radius 3 is 2.74 bits per heavy atom. The predicted octanol–water partition coefficient (Wildman–Crippen LogP) is 4.59. The van der Waals surface area contributed by atoms with Gasteiger partial charge in [-0.2, -0.15) is 4.80 Å². The number of rotatable bonds is 5. The standard InChI is InChI=1S/C19H16BrN5OS/c1-12-3-5-13(6-4-12)18-22-24-25(23-18)10-15-11-27-19(21-15)16-9-14(20)7-8-17(16)26-2/h3-9,11H,10H2,1-2H3. The summed E-state index contributed by atoms with van der Waals surface area (Å²) in [6.07, 6.45) is 0. The van der Waals surface area contributed by atoms with Gasteiger partial charge in [0.05, 0.1) is 18.4 Å². The third-order valence-corrected chi connectivity index (χ3v) is 5.43. The van der Waals surface area contributed by atoms with Crippen LogP contribution in [0.25, 0.3) is 22.0 Å². The van der Waals surface area contributed by atoms with Crippen LogP contribution in [0, 0.1) is 6.92 Å². The monoisotopic (exact) mass is 441 g/mol. The van der Waals surface area contributed by atoms with E-state index in [9.17, 15) is 0 Å². The molecule has 8 heteroatoms. The second kappa shape index (κ2) is 7.58. The highest BCUT2D eigenvalue weighted by Crippen LogP contribution is 2.34. The van der Waals surface area contributed by atoms with Gasteiger partial charge in [0.2, 0.25) is 5.82 Å². The molecular formula is C19H16BrN5OS. The van der Waals surface area contributed by atoms with Gasteiger partial charge < -0.3 is 4.74 Å². The van der Waals surface area contributed by atoms with Gasteiger partial charge in [0.1, 0.15) is 17.3 Å². The summed E-state index contributed by atoms with van der Waals surface area (Å²) in [4.78, 5) is 6.27. The number of nitrogens with zero attached hydrogens (tertiary/aromatic N) is 5. The normalized spacial score (nSPS) is 10.9. The highest BCUT2D eigenvalue weighted by molar-refractivity contribution is 9.10. The van der Waals surface area contributed by atoms with Gasteiger partial charge >= 0.3 is 0 Å². The van der Waals surface area contributed by atoms with Gasteiger partial charge in [-0.15, -0.1) is 21.5 Å². The van der Waals surface area contributed by atoms with Crippen LogP contribution < -0.4 is 4.74 Å². The van der Waals surface area contributed by atoms with E-state index in [0.717, 1.165) is 32.1 Å². The van der Waals surface area contributed by atoms with Gasteiger partial charge in [0, 0.05) is 15.4 Å². The van der Waals surface area contributed by atoms with Crippen LogP contribution in [0.3, 0.4) is 0 Å². The Bertz CT molecular complexity index is 1070. The van der Waals surface area contributed by atoms with Crippen LogP contribution in [0.2, 0.25) is 0 Å². The molecule has 4 aromatic rings. The van der Waals surface area contributed by atoms with E-state index < -0.39 is 0 Å². The van der Waals surface area contributed by atoms with Crippen molar-refractivity contribution < 1.29 is 4.74 Å². The van der Waals surface area contributed by atoms with Crippen molar-refractivity contribution in [2.45, 2.75) is 13.5 Å². The maximum atomic E-state index is 5.45. The molecule has 2 aromatic heterocycles. The zero-order chi connectivity index (χ0) is 18.8. The number of hydrogen-bond donors (Lipinski definition) is 0. The van der Waals surface area contributed by atoms with E-state index in [1.165, 1.54) is 5.56 Å².